The molecule has 2 aromatic carbocycles. The normalized spacial score (nSPS) is 11.5. The van der Waals surface area contributed by atoms with E-state index in [2.05, 4.69) is 19.7 Å². The molecule has 0 saturated carbocycles. The summed E-state index contributed by atoms with van der Waals surface area (Å²) in [6.07, 6.45) is 2.59. The van der Waals surface area contributed by atoms with Crippen molar-refractivity contribution in [3.8, 4) is 22.8 Å². The maximum Gasteiger partial charge on any atom is 0.332 e. The maximum absolute atomic E-state index is 12.6. The number of methoxy groups -OCH3 is 1. The highest BCUT2D eigenvalue weighted by molar-refractivity contribution is 7.92. The molecule has 0 bridgehead atoms. The fourth-order valence-electron chi connectivity index (χ4n) is 3.01. The molecular weight excluding hydrogens is 394 g/mol. The van der Waals surface area contributed by atoms with Gasteiger partial charge >= 0.3 is 5.69 Å². The minimum atomic E-state index is -3.41. The van der Waals surface area contributed by atoms with Gasteiger partial charge in [-0.05, 0) is 24.3 Å². The van der Waals surface area contributed by atoms with Gasteiger partial charge in [-0.25, -0.2) is 27.7 Å². The summed E-state index contributed by atoms with van der Waals surface area (Å²) in [4.78, 5) is 24.2. The first-order valence-corrected chi connectivity index (χ1v) is 10.4. The summed E-state index contributed by atoms with van der Waals surface area (Å²) in [5.41, 5.74) is 2.01. The molecule has 0 aliphatic carbocycles. The lowest BCUT2D eigenvalue weighted by Crippen LogP contribution is -2.15. The van der Waals surface area contributed by atoms with E-state index in [0.29, 0.717) is 39.7 Å². The van der Waals surface area contributed by atoms with Crippen molar-refractivity contribution in [3.05, 3.63) is 65.2 Å². The van der Waals surface area contributed by atoms with Gasteiger partial charge in [-0.15, -0.1) is 0 Å². The van der Waals surface area contributed by atoms with Crippen LogP contribution in [0.15, 0.2) is 59.5 Å². The first kappa shape index (κ1) is 18.7. The van der Waals surface area contributed by atoms with E-state index in [-0.39, 0.29) is 5.69 Å². The number of hydrogen-bond acceptors (Lipinski definition) is 6. The second-order valence-electron chi connectivity index (χ2n) is 6.32. The SMILES string of the molecule is COc1ccccc1-n1c(=O)[nH]c2cnc(-c3cccc(NS(C)(=O)=O)c3)nc21. The number of anilines is 1. The van der Waals surface area contributed by atoms with E-state index in [1.165, 1.54) is 17.9 Å². The third-order valence-corrected chi connectivity index (χ3v) is 4.78. The molecule has 4 rings (SSSR count). The summed E-state index contributed by atoms with van der Waals surface area (Å²) in [5.74, 6) is 0.868. The van der Waals surface area contributed by atoms with Gasteiger partial charge in [0.05, 0.1) is 25.2 Å². The number of ether oxygens (including phenoxy) is 1. The average Bonchev–Trinajstić information content (AvgIpc) is 3.01. The van der Waals surface area contributed by atoms with Crippen LogP contribution in [-0.4, -0.2) is 41.3 Å². The van der Waals surface area contributed by atoms with E-state index >= 15 is 0 Å². The number of rotatable bonds is 5. The van der Waals surface area contributed by atoms with Crippen LogP contribution in [0.5, 0.6) is 5.75 Å². The maximum atomic E-state index is 12.6. The zero-order chi connectivity index (χ0) is 20.6. The van der Waals surface area contributed by atoms with Crippen molar-refractivity contribution in [3.63, 3.8) is 0 Å². The topological polar surface area (TPSA) is 119 Å². The Morgan fingerprint density at radius 3 is 2.69 bits per heavy atom. The van der Waals surface area contributed by atoms with Crippen molar-refractivity contribution in [2.75, 3.05) is 18.1 Å². The number of hydrogen-bond donors (Lipinski definition) is 2. The summed E-state index contributed by atoms with van der Waals surface area (Å²) < 4.78 is 32.2. The highest BCUT2D eigenvalue weighted by Crippen LogP contribution is 2.25. The molecule has 148 valence electrons. The van der Waals surface area contributed by atoms with Crippen LogP contribution in [0.2, 0.25) is 0 Å². The average molecular weight is 411 g/mol. The lowest BCUT2D eigenvalue weighted by atomic mass is 10.2. The number of para-hydroxylation sites is 2. The Labute approximate surface area is 166 Å². The van der Waals surface area contributed by atoms with Gasteiger partial charge in [-0.3, -0.25) is 4.72 Å². The molecule has 0 saturated heterocycles. The summed E-state index contributed by atoms with van der Waals surface area (Å²) >= 11 is 0. The third-order valence-electron chi connectivity index (χ3n) is 4.18. The molecule has 9 nitrogen and oxygen atoms in total. The molecule has 0 amide bonds. The Kier molecular flexibility index (Phi) is 4.55. The van der Waals surface area contributed by atoms with Gasteiger partial charge in [-0.1, -0.05) is 24.3 Å². The summed E-state index contributed by atoms with van der Waals surface area (Å²) in [6, 6.07) is 13.8. The van der Waals surface area contributed by atoms with Crippen molar-refractivity contribution in [2.24, 2.45) is 0 Å². The second-order valence-corrected chi connectivity index (χ2v) is 8.07. The fraction of sp³-hybridized carbons (Fsp3) is 0.105. The first-order valence-electron chi connectivity index (χ1n) is 8.55. The standard InChI is InChI=1S/C19H17N5O4S/c1-28-16-9-4-3-8-15(16)24-18-14(21-19(24)25)11-20-17(22-18)12-6-5-7-13(10-12)23-29(2,26)27/h3-11,23H,1-2H3,(H,21,25). The van der Waals surface area contributed by atoms with Crippen LogP contribution in [0, 0.1) is 0 Å². The predicted octanol–water partition coefficient (Wildman–Crippen LogP) is 2.16. The number of H-pyrrole nitrogens is 1. The number of aromatic nitrogens is 4. The zero-order valence-corrected chi connectivity index (χ0v) is 16.4. The Hall–Kier alpha value is -3.66. The summed E-state index contributed by atoms with van der Waals surface area (Å²) in [6.45, 7) is 0. The van der Waals surface area contributed by atoms with Crippen LogP contribution < -0.4 is 15.1 Å². The smallest absolute Gasteiger partial charge is 0.332 e. The first-order chi connectivity index (χ1) is 13.9. The molecule has 10 heteroatoms. The number of nitrogens with one attached hydrogen (secondary N) is 2. The quantitative estimate of drug-likeness (QED) is 0.519. The van der Waals surface area contributed by atoms with Crippen molar-refractivity contribution in [1.82, 2.24) is 19.5 Å². The van der Waals surface area contributed by atoms with E-state index in [9.17, 15) is 13.2 Å². The molecule has 2 N–H and O–H groups in total. The zero-order valence-electron chi connectivity index (χ0n) is 15.6. The lowest BCUT2D eigenvalue weighted by Gasteiger charge is -2.09. The van der Waals surface area contributed by atoms with Crippen molar-refractivity contribution in [1.29, 1.82) is 0 Å². The molecular formula is C19H17N5O4S. The van der Waals surface area contributed by atoms with E-state index < -0.39 is 10.0 Å². The molecule has 0 spiro atoms. The summed E-state index contributed by atoms with van der Waals surface area (Å²) in [5, 5.41) is 0. The van der Waals surface area contributed by atoms with Crippen LogP contribution >= 0.6 is 0 Å². The van der Waals surface area contributed by atoms with Gasteiger partial charge in [0.15, 0.2) is 11.5 Å². The Bertz CT molecular complexity index is 1370. The largest absolute Gasteiger partial charge is 0.495 e. The molecule has 0 aliphatic rings. The van der Waals surface area contributed by atoms with Gasteiger partial charge < -0.3 is 9.72 Å². The Morgan fingerprint density at radius 2 is 1.93 bits per heavy atom. The van der Waals surface area contributed by atoms with E-state index in [0.717, 1.165) is 6.26 Å². The van der Waals surface area contributed by atoms with Gasteiger partial charge in [0.1, 0.15) is 11.3 Å². The van der Waals surface area contributed by atoms with Crippen molar-refractivity contribution < 1.29 is 13.2 Å². The van der Waals surface area contributed by atoms with E-state index in [1.54, 1.807) is 42.5 Å². The van der Waals surface area contributed by atoms with Gasteiger partial charge in [0, 0.05) is 11.3 Å². The molecule has 29 heavy (non-hydrogen) atoms. The molecule has 0 unspecified atom stereocenters. The molecule has 2 aromatic heterocycles. The van der Waals surface area contributed by atoms with Crippen molar-refractivity contribution >= 4 is 26.9 Å². The highest BCUT2D eigenvalue weighted by Gasteiger charge is 2.16. The molecule has 0 fully saturated rings. The van der Waals surface area contributed by atoms with E-state index in [1.807, 2.05) is 6.07 Å². The minimum Gasteiger partial charge on any atom is -0.495 e. The number of nitrogens with zero attached hydrogens (tertiary/aromatic N) is 3. The van der Waals surface area contributed by atoms with Gasteiger partial charge in [0.2, 0.25) is 10.0 Å². The minimum absolute atomic E-state index is 0.345. The van der Waals surface area contributed by atoms with Crippen LogP contribution in [-0.2, 0) is 10.0 Å². The number of benzene rings is 2. The van der Waals surface area contributed by atoms with Crippen molar-refractivity contribution in [2.45, 2.75) is 0 Å². The van der Waals surface area contributed by atoms with Crippen LogP contribution in [0.4, 0.5) is 5.69 Å². The second kappa shape index (κ2) is 7.06. The summed E-state index contributed by atoms with van der Waals surface area (Å²) in [7, 11) is -1.89. The van der Waals surface area contributed by atoms with Crippen LogP contribution in [0.1, 0.15) is 0 Å². The number of sulfonamides is 1. The third kappa shape index (κ3) is 3.69. The monoisotopic (exact) mass is 411 g/mol. The molecule has 0 atom stereocenters. The predicted molar refractivity (Wildman–Crippen MR) is 110 cm³/mol. The Morgan fingerprint density at radius 1 is 1.14 bits per heavy atom. The molecule has 2 heterocycles. The van der Waals surface area contributed by atoms with Crippen LogP contribution in [0.3, 0.4) is 0 Å². The Balaban J connectivity index is 1.87. The molecule has 4 aromatic rings. The van der Waals surface area contributed by atoms with Gasteiger partial charge in [0.25, 0.3) is 0 Å². The highest BCUT2D eigenvalue weighted by atomic mass is 32.2. The fourth-order valence-corrected chi connectivity index (χ4v) is 3.57. The molecule has 0 radical (unpaired) electrons. The number of aromatic amines is 1. The number of fused-ring (bicyclic) bond motifs is 1. The van der Waals surface area contributed by atoms with E-state index in [4.69, 9.17) is 4.74 Å². The number of imidazole rings is 1. The molecule has 0 aliphatic heterocycles. The van der Waals surface area contributed by atoms with Gasteiger partial charge in [-0.2, -0.15) is 0 Å². The lowest BCUT2D eigenvalue weighted by molar-refractivity contribution is 0.413. The van der Waals surface area contributed by atoms with Crippen LogP contribution in [0.25, 0.3) is 28.2 Å².